The highest BCUT2D eigenvalue weighted by atomic mass is 16.5. The largest absolute Gasteiger partial charge is 0.497 e. The Labute approximate surface area is 109 Å². The molecule has 1 aromatic rings. The van der Waals surface area contributed by atoms with E-state index in [-0.39, 0.29) is 0 Å². The van der Waals surface area contributed by atoms with Crippen LogP contribution in [0.2, 0.25) is 0 Å². The Morgan fingerprint density at radius 2 is 1.89 bits per heavy atom. The lowest BCUT2D eigenvalue weighted by molar-refractivity contribution is 0.184. The van der Waals surface area contributed by atoms with E-state index in [1.165, 1.54) is 0 Å². The van der Waals surface area contributed by atoms with Crippen molar-refractivity contribution in [2.75, 3.05) is 34.0 Å². The summed E-state index contributed by atoms with van der Waals surface area (Å²) in [6, 6.07) is 5.84. The molecule has 102 valence electrons. The van der Waals surface area contributed by atoms with Crippen LogP contribution >= 0.6 is 0 Å². The number of rotatable bonds is 9. The van der Waals surface area contributed by atoms with Gasteiger partial charge in [0.1, 0.15) is 11.5 Å². The van der Waals surface area contributed by atoms with Crippen LogP contribution in [0.3, 0.4) is 0 Å². The molecule has 0 fully saturated rings. The van der Waals surface area contributed by atoms with Gasteiger partial charge >= 0.3 is 0 Å². The summed E-state index contributed by atoms with van der Waals surface area (Å²) in [5.74, 6) is 1.74. The first-order valence-corrected chi connectivity index (χ1v) is 6.30. The molecule has 0 amide bonds. The molecule has 1 rings (SSSR count). The predicted molar refractivity (Wildman–Crippen MR) is 72.4 cm³/mol. The number of unbranched alkanes of at least 4 members (excludes halogenated alkanes) is 1. The lowest BCUT2D eigenvalue weighted by atomic mass is 10.1. The third kappa shape index (κ3) is 4.94. The molecule has 0 aliphatic heterocycles. The molecule has 0 heterocycles. The standard InChI is InChI=1S/C14H23NO3/c1-16-9-3-4-10-18-14-6-5-13(17-2)11-12(14)7-8-15/h5-6,11H,3-4,7-10,15H2,1-2H3. The Morgan fingerprint density at radius 3 is 2.56 bits per heavy atom. The highest BCUT2D eigenvalue weighted by Gasteiger charge is 2.05. The molecule has 2 N–H and O–H groups in total. The Hall–Kier alpha value is -1.26. The molecule has 0 aliphatic rings. The third-order valence-corrected chi connectivity index (χ3v) is 2.68. The molecular weight excluding hydrogens is 230 g/mol. The van der Waals surface area contributed by atoms with Crippen LogP contribution in [-0.2, 0) is 11.2 Å². The van der Waals surface area contributed by atoms with Crippen molar-refractivity contribution in [2.24, 2.45) is 5.73 Å². The topological polar surface area (TPSA) is 53.7 Å². The molecule has 18 heavy (non-hydrogen) atoms. The Morgan fingerprint density at radius 1 is 1.11 bits per heavy atom. The summed E-state index contributed by atoms with van der Waals surface area (Å²) in [5, 5.41) is 0. The van der Waals surface area contributed by atoms with E-state index < -0.39 is 0 Å². The summed E-state index contributed by atoms with van der Waals surface area (Å²) in [6.07, 6.45) is 2.80. The van der Waals surface area contributed by atoms with Crippen LogP contribution in [0.1, 0.15) is 18.4 Å². The summed E-state index contributed by atoms with van der Waals surface area (Å²) < 4.78 is 16.0. The molecule has 4 nitrogen and oxygen atoms in total. The first-order chi connectivity index (χ1) is 8.81. The smallest absolute Gasteiger partial charge is 0.122 e. The number of hydrogen-bond acceptors (Lipinski definition) is 4. The van der Waals surface area contributed by atoms with E-state index in [0.29, 0.717) is 13.2 Å². The van der Waals surface area contributed by atoms with Crippen molar-refractivity contribution in [1.82, 2.24) is 0 Å². The Balaban J connectivity index is 2.52. The third-order valence-electron chi connectivity index (χ3n) is 2.68. The average Bonchev–Trinajstić information content (AvgIpc) is 2.40. The van der Waals surface area contributed by atoms with Gasteiger partial charge in [-0.2, -0.15) is 0 Å². The van der Waals surface area contributed by atoms with Crippen LogP contribution in [0.4, 0.5) is 0 Å². The Bertz CT molecular complexity index is 342. The second-order valence-corrected chi connectivity index (χ2v) is 4.06. The maximum Gasteiger partial charge on any atom is 0.122 e. The number of nitrogens with two attached hydrogens (primary N) is 1. The van der Waals surface area contributed by atoms with E-state index in [1.54, 1.807) is 14.2 Å². The van der Waals surface area contributed by atoms with E-state index in [1.807, 2.05) is 18.2 Å². The molecule has 0 saturated heterocycles. The first-order valence-electron chi connectivity index (χ1n) is 6.30. The van der Waals surface area contributed by atoms with E-state index >= 15 is 0 Å². The zero-order valence-corrected chi connectivity index (χ0v) is 11.3. The summed E-state index contributed by atoms with van der Waals surface area (Å²) in [7, 11) is 3.37. The minimum absolute atomic E-state index is 0.604. The molecule has 0 aliphatic carbocycles. The summed E-state index contributed by atoms with van der Waals surface area (Å²) >= 11 is 0. The fraction of sp³-hybridized carbons (Fsp3) is 0.571. The summed E-state index contributed by atoms with van der Waals surface area (Å²) in [4.78, 5) is 0. The van der Waals surface area contributed by atoms with Crippen molar-refractivity contribution in [3.05, 3.63) is 23.8 Å². The number of methoxy groups -OCH3 is 2. The van der Waals surface area contributed by atoms with E-state index in [0.717, 1.165) is 42.9 Å². The minimum atomic E-state index is 0.604. The van der Waals surface area contributed by atoms with Crippen molar-refractivity contribution < 1.29 is 14.2 Å². The normalized spacial score (nSPS) is 10.4. The predicted octanol–water partition coefficient (Wildman–Crippen LogP) is 2.00. The molecule has 4 heteroatoms. The molecule has 0 aromatic heterocycles. The van der Waals surface area contributed by atoms with Gasteiger partial charge in [0.15, 0.2) is 0 Å². The SMILES string of the molecule is COCCCCOc1ccc(OC)cc1CCN. The van der Waals surface area contributed by atoms with Gasteiger partial charge in [0, 0.05) is 13.7 Å². The van der Waals surface area contributed by atoms with Crippen molar-refractivity contribution in [3.8, 4) is 11.5 Å². The van der Waals surface area contributed by atoms with Crippen molar-refractivity contribution in [2.45, 2.75) is 19.3 Å². The van der Waals surface area contributed by atoms with Crippen LogP contribution < -0.4 is 15.2 Å². The minimum Gasteiger partial charge on any atom is -0.497 e. The van der Waals surface area contributed by atoms with Crippen LogP contribution in [0.15, 0.2) is 18.2 Å². The second kappa shape index (κ2) is 8.78. The van der Waals surface area contributed by atoms with Crippen molar-refractivity contribution in [1.29, 1.82) is 0 Å². The van der Waals surface area contributed by atoms with Crippen LogP contribution in [-0.4, -0.2) is 34.0 Å². The first kappa shape index (κ1) is 14.8. The highest BCUT2D eigenvalue weighted by molar-refractivity contribution is 5.40. The number of ether oxygens (including phenoxy) is 3. The van der Waals surface area contributed by atoms with Crippen LogP contribution in [0, 0.1) is 0 Å². The van der Waals surface area contributed by atoms with Crippen molar-refractivity contribution >= 4 is 0 Å². The van der Waals surface area contributed by atoms with E-state index in [4.69, 9.17) is 19.9 Å². The van der Waals surface area contributed by atoms with Gasteiger partial charge in [0.25, 0.3) is 0 Å². The molecule has 0 atom stereocenters. The van der Waals surface area contributed by atoms with Gasteiger partial charge in [-0.3, -0.25) is 0 Å². The summed E-state index contributed by atoms with van der Waals surface area (Å²) in [6.45, 7) is 2.09. The number of benzene rings is 1. The van der Waals surface area contributed by atoms with Gasteiger partial charge in [0.05, 0.1) is 13.7 Å². The second-order valence-electron chi connectivity index (χ2n) is 4.06. The van der Waals surface area contributed by atoms with Gasteiger partial charge in [0.2, 0.25) is 0 Å². The van der Waals surface area contributed by atoms with Gasteiger partial charge in [-0.05, 0) is 49.6 Å². The van der Waals surface area contributed by atoms with Gasteiger partial charge in [-0.1, -0.05) is 0 Å². The van der Waals surface area contributed by atoms with Gasteiger partial charge in [-0.25, -0.2) is 0 Å². The fourth-order valence-corrected chi connectivity index (χ4v) is 1.71. The van der Waals surface area contributed by atoms with Gasteiger partial charge < -0.3 is 19.9 Å². The molecular formula is C14H23NO3. The average molecular weight is 253 g/mol. The fourth-order valence-electron chi connectivity index (χ4n) is 1.71. The molecule has 0 bridgehead atoms. The lowest BCUT2D eigenvalue weighted by Crippen LogP contribution is -2.07. The molecule has 1 aromatic carbocycles. The zero-order chi connectivity index (χ0) is 13.2. The monoisotopic (exact) mass is 253 g/mol. The molecule has 0 spiro atoms. The zero-order valence-electron chi connectivity index (χ0n) is 11.3. The highest BCUT2D eigenvalue weighted by Crippen LogP contribution is 2.24. The molecule has 0 unspecified atom stereocenters. The summed E-state index contributed by atoms with van der Waals surface area (Å²) in [5.41, 5.74) is 6.70. The lowest BCUT2D eigenvalue weighted by Gasteiger charge is -2.12. The maximum atomic E-state index is 5.77. The molecule has 0 radical (unpaired) electrons. The Kier molecular flexibility index (Phi) is 7.22. The maximum absolute atomic E-state index is 5.77. The molecule has 0 saturated carbocycles. The van der Waals surface area contributed by atoms with Crippen LogP contribution in [0.5, 0.6) is 11.5 Å². The van der Waals surface area contributed by atoms with E-state index in [9.17, 15) is 0 Å². The van der Waals surface area contributed by atoms with Crippen molar-refractivity contribution in [3.63, 3.8) is 0 Å². The van der Waals surface area contributed by atoms with Gasteiger partial charge in [-0.15, -0.1) is 0 Å². The quantitative estimate of drug-likeness (QED) is 0.684. The van der Waals surface area contributed by atoms with E-state index in [2.05, 4.69) is 0 Å². The number of hydrogen-bond donors (Lipinski definition) is 1. The van der Waals surface area contributed by atoms with Crippen LogP contribution in [0.25, 0.3) is 0 Å².